The number of nitrogens with one attached hydrogen (secondary N) is 1. The van der Waals surface area contributed by atoms with Crippen molar-refractivity contribution >= 4 is 21.6 Å². The zero-order chi connectivity index (χ0) is 19.6. The van der Waals surface area contributed by atoms with E-state index in [4.69, 9.17) is 0 Å². The van der Waals surface area contributed by atoms with Crippen molar-refractivity contribution in [2.45, 2.75) is 17.7 Å². The van der Waals surface area contributed by atoms with E-state index in [1.165, 1.54) is 10.4 Å². The number of carbonyl (C=O) groups excluding carboxylic acids is 1. The third-order valence-corrected chi connectivity index (χ3v) is 6.59. The largest absolute Gasteiger partial charge is 0.322 e. The summed E-state index contributed by atoms with van der Waals surface area (Å²) >= 11 is 0. The number of nitrogens with zero attached hydrogens (tertiary/aromatic N) is 3. The van der Waals surface area contributed by atoms with Crippen LogP contribution in [0.15, 0.2) is 71.9 Å². The molecular weight excluding hydrogens is 376 g/mol. The van der Waals surface area contributed by atoms with Crippen molar-refractivity contribution in [2.24, 2.45) is 0 Å². The summed E-state index contributed by atoms with van der Waals surface area (Å²) in [6.07, 6.45) is 5.26. The smallest absolute Gasteiger partial charge is 0.255 e. The highest BCUT2D eigenvalue weighted by Gasteiger charge is 2.27. The lowest BCUT2D eigenvalue weighted by atomic mass is 10.2. The Kier molecular flexibility index (Phi) is 4.97. The minimum atomic E-state index is -3.52. The van der Waals surface area contributed by atoms with Gasteiger partial charge in [0.05, 0.1) is 10.6 Å². The Labute approximate surface area is 163 Å². The predicted octanol–water partition coefficient (Wildman–Crippen LogP) is 2.91. The van der Waals surface area contributed by atoms with Crippen LogP contribution in [0.3, 0.4) is 0 Å². The van der Waals surface area contributed by atoms with Crippen molar-refractivity contribution in [1.82, 2.24) is 14.1 Å². The Hall–Kier alpha value is -2.97. The van der Waals surface area contributed by atoms with Gasteiger partial charge in [0.25, 0.3) is 5.91 Å². The zero-order valence-corrected chi connectivity index (χ0v) is 16.0. The minimum Gasteiger partial charge on any atom is -0.322 e. The maximum atomic E-state index is 12.7. The van der Waals surface area contributed by atoms with E-state index < -0.39 is 10.0 Å². The quantitative estimate of drug-likeness (QED) is 0.719. The summed E-state index contributed by atoms with van der Waals surface area (Å²) < 4.78 is 28.6. The maximum Gasteiger partial charge on any atom is 0.255 e. The van der Waals surface area contributed by atoms with Crippen molar-refractivity contribution in [3.8, 4) is 5.69 Å². The van der Waals surface area contributed by atoms with Gasteiger partial charge in [-0.15, -0.1) is 0 Å². The fourth-order valence-electron chi connectivity index (χ4n) is 3.20. The number of anilines is 1. The molecule has 7 nitrogen and oxygen atoms in total. The van der Waals surface area contributed by atoms with Crippen molar-refractivity contribution in [3.05, 3.63) is 72.6 Å². The summed E-state index contributed by atoms with van der Waals surface area (Å²) in [5.74, 6) is -0.303. The highest BCUT2D eigenvalue weighted by Crippen LogP contribution is 2.23. The molecule has 0 bridgehead atoms. The van der Waals surface area contributed by atoms with Gasteiger partial charge in [0.1, 0.15) is 0 Å². The molecule has 1 amide bonds. The lowest BCUT2D eigenvalue weighted by Crippen LogP contribution is -2.27. The summed E-state index contributed by atoms with van der Waals surface area (Å²) in [6, 6.07) is 15.2. The van der Waals surface area contributed by atoms with Crippen LogP contribution < -0.4 is 5.32 Å². The van der Waals surface area contributed by atoms with Crippen molar-refractivity contribution in [2.75, 3.05) is 18.4 Å². The van der Waals surface area contributed by atoms with Gasteiger partial charge < -0.3 is 5.32 Å². The Morgan fingerprint density at radius 2 is 1.75 bits per heavy atom. The third-order valence-electron chi connectivity index (χ3n) is 4.69. The van der Waals surface area contributed by atoms with Gasteiger partial charge in [-0.2, -0.15) is 9.40 Å². The van der Waals surface area contributed by atoms with E-state index in [1.54, 1.807) is 53.3 Å². The predicted molar refractivity (Wildman–Crippen MR) is 106 cm³/mol. The second kappa shape index (κ2) is 7.57. The van der Waals surface area contributed by atoms with Crippen LogP contribution in [0.25, 0.3) is 5.69 Å². The van der Waals surface area contributed by atoms with E-state index in [9.17, 15) is 13.2 Å². The molecule has 8 heteroatoms. The number of amides is 1. The summed E-state index contributed by atoms with van der Waals surface area (Å²) in [6.45, 7) is 1.09. The number of sulfonamides is 1. The molecule has 1 fully saturated rings. The minimum absolute atomic E-state index is 0.196. The first-order valence-corrected chi connectivity index (χ1v) is 10.5. The Morgan fingerprint density at radius 3 is 2.43 bits per heavy atom. The van der Waals surface area contributed by atoms with Gasteiger partial charge in [-0.25, -0.2) is 13.1 Å². The molecule has 28 heavy (non-hydrogen) atoms. The molecule has 0 aliphatic carbocycles. The van der Waals surface area contributed by atoms with E-state index in [-0.39, 0.29) is 10.8 Å². The average Bonchev–Trinajstić information content (AvgIpc) is 3.42. The fourth-order valence-corrected chi connectivity index (χ4v) is 4.77. The van der Waals surface area contributed by atoms with Gasteiger partial charge in [-0.05, 0) is 61.4 Å². The standard InChI is InChI=1S/C20H20N4O3S/c25-20(16-7-9-18(10-8-16)24-14-4-11-21-24)22-17-5-3-6-19(15-17)28(26,27)23-12-1-2-13-23/h3-11,14-15H,1-2,12-13H2,(H,22,25). The van der Waals surface area contributed by atoms with Crippen LogP contribution in [0.1, 0.15) is 23.2 Å². The van der Waals surface area contributed by atoms with Crippen LogP contribution in [-0.4, -0.2) is 41.5 Å². The van der Waals surface area contributed by atoms with Crippen LogP contribution >= 0.6 is 0 Å². The van der Waals surface area contributed by atoms with Gasteiger partial charge >= 0.3 is 0 Å². The van der Waals surface area contributed by atoms with Gasteiger partial charge in [0.2, 0.25) is 10.0 Å². The SMILES string of the molecule is O=C(Nc1cccc(S(=O)(=O)N2CCCC2)c1)c1ccc(-n2cccn2)cc1. The van der Waals surface area contributed by atoms with Gasteiger partial charge in [0, 0.05) is 36.7 Å². The molecule has 144 valence electrons. The Morgan fingerprint density at radius 1 is 1.00 bits per heavy atom. The van der Waals surface area contributed by atoms with E-state index >= 15 is 0 Å². The fraction of sp³-hybridized carbons (Fsp3) is 0.200. The molecule has 1 aliphatic heterocycles. The molecule has 2 heterocycles. The molecule has 4 rings (SSSR count). The molecule has 0 radical (unpaired) electrons. The first-order chi connectivity index (χ1) is 13.5. The lowest BCUT2D eigenvalue weighted by Gasteiger charge is -2.16. The van der Waals surface area contributed by atoms with Crippen molar-refractivity contribution in [3.63, 3.8) is 0 Å². The Balaban J connectivity index is 1.50. The number of rotatable bonds is 5. The third kappa shape index (κ3) is 3.69. The highest BCUT2D eigenvalue weighted by atomic mass is 32.2. The second-order valence-electron chi connectivity index (χ2n) is 6.59. The molecular formula is C20H20N4O3S. The number of hydrogen-bond acceptors (Lipinski definition) is 4. The van der Waals surface area contributed by atoms with Crippen molar-refractivity contribution in [1.29, 1.82) is 0 Å². The lowest BCUT2D eigenvalue weighted by molar-refractivity contribution is 0.102. The molecule has 1 saturated heterocycles. The molecule has 0 saturated carbocycles. The van der Waals surface area contributed by atoms with Crippen LogP contribution in [0.4, 0.5) is 5.69 Å². The normalized spacial score (nSPS) is 14.9. The molecule has 2 aromatic carbocycles. The molecule has 1 aliphatic rings. The summed E-state index contributed by atoms with van der Waals surface area (Å²) in [4.78, 5) is 12.7. The maximum absolute atomic E-state index is 12.7. The molecule has 3 aromatic rings. The highest BCUT2D eigenvalue weighted by molar-refractivity contribution is 7.89. The molecule has 0 spiro atoms. The molecule has 1 aromatic heterocycles. The topological polar surface area (TPSA) is 84.3 Å². The summed E-state index contributed by atoms with van der Waals surface area (Å²) in [5, 5.41) is 6.92. The first-order valence-electron chi connectivity index (χ1n) is 9.06. The summed E-state index contributed by atoms with van der Waals surface area (Å²) in [5.41, 5.74) is 1.77. The first kappa shape index (κ1) is 18.4. The van der Waals surface area contributed by atoms with Gasteiger partial charge in [0.15, 0.2) is 0 Å². The van der Waals surface area contributed by atoms with E-state index in [0.717, 1.165) is 18.5 Å². The number of carbonyl (C=O) groups is 1. The van der Waals surface area contributed by atoms with E-state index in [2.05, 4.69) is 10.4 Å². The van der Waals surface area contributed by atoms with E-state index in [1.807, 2.05) is 12.3 Å². The average molecular weight is 396 g/mol. The van der Waals surface area contributed by atoms with Gasteiger partial charge in [-0.1, -0.05) is 6.07 Å². The van der Waals surface area contributed by atoms with Crippen LogP contribution in [0.2, 0.25) is 0 Å². The Bertz CT molecular complexity index is 1070. The van der Waals surface area contributed by atoms with Crippen LogP contribution in [0, 0.1) is 0 Å². The second-order valence-corrected chi connectivity index (χ2v) is 8.53. The number of aromatic nitrogens is 2. The van der Waals surface area contributed by atoms with Gasteiger partial charge in [-0.3, -0.25) is 4.79 Å². The number of hydrogen-bond donors (Lipinski definition) is 1. The zero-order valence-electron chi connectivity index (χ0n) is 15.2. The van der Waals surface area contributed by atoms with Crippen LogP contribution in [0.5, 0.6) is 0 Å². The number of benzene rings is 2. The molecule has 0 atom stereocenters. The molecule has 0 unspecified atom stereocenters. The van der Waals surface area contributed by atoms with Crippen molar-refractivity contribution < 1.29 is 13.2 Å². The van der Waals surface area contributed by atoms with E-state index in [0.29, 0.717) is 24.3 Å². The summed E-state index contributed by atoms with van der Waals surface area (Å²) in [7, 11) is -3.52. The molecule has 1 N–H and O–H groups in total. The van der Waals surface area contributed by atoms with Crippen LogP contribution in [-0.2, 0) is 10.0 Å². The monoisotopic (exact) mass is 396 g/mol.